The Bertz CT molecular complexity index is 1170. The predicted octanol–water partition coefficient (Wildman–Crippen LogP) is 4.72. The number of fused-ring (bicyclic) bond motifs is 2. The summed E-state index contributed by atoms with van der Waals surface area (Å²) < 4.78 is 1.23. The van der Waals surface area contributed by atoms with E-state index in [1.165, 1.54) is 10.3 Å². The van der Waals surface area contributed by atoms with Crippen molar-refractivity contribution >= 4 is 43.4 Å². The molecule has 1 saturated heterocycles. The zero-order chi connectivity index (χ0) is 19.1. The van der Waals surface area contributed by atoms with Crippen LogP contribution in [0.4, 0.5) is 5.13 Å². The predicted molar refractivity (Wildman–Crippen MR) is 116 cm³/mol. The first-order valence-corrected chi connectivity index (χ1v) is 10.4. The maximum atomic E-state index is 13.1. The lowest BCUT2D eigenvalue weighted by Crippen LogP contribution is -2.48. The van der Waals surface area contributed by atoms with E-state index in [0.717, 1.165) is 53.2 Å². The summed E-state index contributed by atoms with van der Waals surface area (Å²) in [6, 6.07) is 20.4. The minimum absolute atomic E-state index is 0.122. The van der Waals surface area contributed by atoms with Crippen LogP contribution in [0, 0.1) is 6.92 Å². The molecule has 1 aliphatic heterocycles. The number of aryl methyl sites for hydroxylation is 1. The summed E-state index contributed by atoms with van der Waals surface area (Å²) in [4.78, 5) is 22.3. The van der Waals surface area contributed by atoms with Crippen LogP contribution in [-0.2, 0) is 0 Å². The van der Waals surface area contributed by atoms with Gasteiger partial charge in [-0.2, -0.15) is 0 Å². The molecule has 1 aromatic heterocycles. The molecule has 0 radical (unpaired) electrons. The summed E-state index contributed by atoms with van der Waals surface area (Å²) >= 11 is 1.74. The Balaban J connectivity index is 1.35. The average Bonchev–Trinajstić information content (AvgIpc) is 3.19. The number of thiazole rings is 1. The van der Waals surface area contributed by atoms with E-state index in [0.29, 0.717) is 0 Å². The maximum absolute atomic E-state index is 13.1. The Labute approximate surface area is 168 Å². The number of rotatable bonds is 2. The number of hydrogen-bond donors (Lipinski definition) is 0. The zero-order valence-electron chi connectivity index (χ0n) is 15.8. The van der Waals surface area contributed by atoms with Crippen LogP contribution in [0.5, 0.6) is 0 Å². The highest BCUT2D eigenvalue weighted by molar-refractivity contribution is 7.22. The second-order valence-corrected chi connectivity index (χ2v) is 8.23. The smallest absolute Gasteiger partial charge is 0.254 e. The molecule has 1 fully saturated rings. The number of piperazine rings is 1. The number of aromatic nitrogens is 1. The first-order valence-electron chi connectivity index (χ1n) is 9.59. The number of anilines is 1. The van der Waals surface area contributed by atoms with Crippen LogP contribution < -0.4 is 4.90 Å². The van der Waals surface area contributed by atoms with Gasteiger partial charge in [-0.15, -0.1) is 0 Å². The average molecular weight is 388 g/mol. The van der Waals surface area contributed by atoms with Gasteiger partial charge in [0.15, 0.2) is 5.13 Å². The third-order valence-electron chi connectivity index (χ3n) is 5.47. The monoisotopic (exact) mass is 387 g/mol. The molecule has 2 heterocycles. The van der Waals surface area contributed by atoms with E-state index in [4.69, 9.17) is 4.98 Å². The quantitative estimate of drug-likeness (QED) is 0.499. The van der Waals surface area contributed by atoms with Gasteiger partial charge in [0.25, 0.3) is 5.91 Å². The molecule has 140 valence electrons. The van der Waals surface area contributed by atoms with Crippen molar-refractivity contribution in [3.63, 3.8) is 0 Å². The van der Waals surface area contributed by atoms with E-state index in [1.54, 1.807) is 11.3 Å². The fourth-order valence-electron chi connectivity index (χ4n) is 3.89. The van der Waals surface area contributed by atoms with Crippen molar-refractivity contribution in [2.45, 2.75) is 6.92 Å². The summed E-state index contributed by atoms with van der Waals surface area (Å²) in [5.74, 6) is 0.122. The Morgan fingerprint density at radius 2 is 1.68 bits per heavy atom. The van der Waals surface area contributed by atoms with Crippen molar-refractivity contribution in [1.82, 2.24) is 9.88 Å². The van der Waals surface area contributed by atoms with Gasteiger partial charge < -0.3 is 9.80 Å². The van der Waals surface area contributed by atoms with Crippen LogP contribution in [0.25, 0.3) is 21.0 Å². The molecular weight excluding hydrogens is 366 g/mol. The minimum Gasteiger partial charge on any atom is -0.345 e. The molecule has 0 aliphatic carbocycles. The second kappa shape index (κ2) is 6.91. The number of amides is 1. The fourth-order valence-corrected chi connectivity index (χ4v) is 4.99. The molecule has 1 aliphatic rings. The van der Waals surface area contributed by atoms with E-state index in [-0.39, 0.29) is 5.91 Å². The Morgan fingerprint density at radius 1 is 0.929 bits per heavy atom. The van der Waals surface area contributed by atoms with Gasteiger partial charge in [-0.05, 0) is 35.4 Å². The number of carbonyl (C=O) groups excluding carboxylic acids is 1. The molecule has 0 saturated carbocycles. The second-order valence-electron chi connectivity index (χ2n) is 7.22. The summed E-state index contributed by atoms with van der Waals surface area (Å²) in [5.41, 5.74) is 3.10. The van der Waals surface area contributed by atoms with Crippen molar-refractivity contribution < 1.29 is 4.79 Å². The van der Waals surface area contributed by atoms with E-state index >= 15 is 0 Å². The largest absolute Gasteiger partial charge is 0.345 e. The number of nitrogens with zero attached hydrogens (tertiary/aromatic N) is 3. The number of hydrogen-bond acceptors (Lipinski definition) is 4. The van der Waals surface area contributed by atoms with E-state index in [2.05, 4.69) is 42.2 Å². The maximum Gasteiger partial charge on any atom is 0.254 e. The molecule has 3 aromatic carbocycles. The van der Waals surface area contributed by atoms with Crippen LogP contribution in [0.3, 0.4) is 0 Å². The first-order chi connectivity index (χ1) is 13.7. The number of benzene rings is 3. The van der Waals surface area contributed by atoms with Gasteiger partial charge in [-0.25, -0.2) is 4.98 Å². The van der Waals surface area contributed by atoms with E-state index in [9.17, 15) is 4.79 Å². The number of para-hydroxylation sites is 1. The summed E-state index contributed by atoms with van der Waals surface area (Å²) in [7, 11) is 0. The molecule has 5 rings (SSSR count). The topological polar surface area (TPSA) is 36.4 Å². The minimum atomic E-state index is 0.122. The van der Waals surface area contributed by atoms with Gasteiger partial charge in [-0.1, -0.05) is 59.9 Å². The lowest BCUT2D eigenvalue weighted by molar-refractivity contribution is 0.0749. The normalized spacial score (nSPS) is 14.8. The summed E-state index contributed by atoms with van der Waals surface area (Å²) in [5, 5.41) is 3.19. The van der Waals surface area contributed by atoms with Gasteiger partial charge in [-0.3, -0.25) is 4.79 Å². The zero-order valence-corrected chi connectivity index (χ0v) is 16.6. The molecule has 0 atom stereocenters. The van der Waals surface area contributed by atoms with Crippen LogP contribution in [0.15, 0.2) is 60.7 Å². The molecule has 0 N–H and O–H groups in total. The third kappa shape index (κ3) is 2.92. The lowest BCUT2D eigenvalue weighted by atomic mass is 10.0. The van der Waals surface area contributed by atoms with Crippen LogP contribution in [-0.4, -0.2) is 42.0 Å². The molecule has 0 bridgehead atoms. The van der Waals surface area contributed by atoms with Crippen molar-refractivity contribution in [3.05, 3.63) is 71.8 Å². The first kappa shape index (κ1) is 17.2. The molecule has 1 amide bonds. The highest BCUT2D eigenvalue weighted by atomic mass is 32.1. The van der Waals surface area contributed by atoms with Crippen LogP contribution in [0.1, 0.15) is 15.9 Å². The molecule has 4 aromatic rings. The molecule has 28 heavy (non-hydrogen) atoms. The Kier molecular flexibility index (Phi) is 4.24. The van der Waals surface area contributed by atoms with Crippen molar-refractivity contribution in [2.24, 2.45) is 0 Å². The van der Waals surface area contributed by atoms with Gasteiger partial charge in [0.05, 0.1) is 10.2 Å². The van der Waals surface area contributed by atoms with E-state index < -0.39 is 0 Å². The van der Waals surface area contributed by atoms with Crippen molar-refractivity contribution in [2.75, 3.05) is 31.1 Å². The van der Waals surface area contributed by atoms with Crippen molar-refractivity contribution in [1.29, 1.82) is 0 Å². The molecule has 4 nitrogen and oxygen atoms in total. The van der Waals surface area contributed by atoms with Crippen LogP contribution >= 0.6 is 11.3 Å². The van der Waals surface area contributed by atoms with Crippen LogP contribution in [0.2, 0.25) is 0 Å². The van der Waals surface area contributed by atoms with Gasteiger partial charge in [0.1, 0.15) is 0 Å². The van der Waals surface area contributed by atoms with Crippen molar-refractivity contribution in [3.8, 4) is 0 Å². The van der Waals surface area contributed by atoms with Gasteiger partial charge in [0.2, 0.25) is 0 Å². The van der Waals surface area contributed by atoms with Gasteiger partial charge >= 0.3 is 0 Å². The molecule has 0 unspecified atom stereocenters. The summed E-state index contributed by atoms with van der Waals surface area (Å²) in [6.45, 7) is 5.17. The Hall–Kier alpha value is -2.92. The third-order valence-corrected chi connectivity index (χ3v) is 6.55. The highest BCUT2D eigenvalue weighted by Crippen LogP contribution is 2.31. The molecule has 0 spiro atoms. The Morgan fingerprint density at radius 3 is 2.50 bits per heavy atom. The highest BCUT2D eigenvalue weighted by Gasteiger charge is 2.25. The SMILES string of the molecule is Cc1cccc2sc(N3CCN(C(=O)c4cccc5ccccc45)CC3)nc12. The van der Waals surface area contributed by atoms with E-state index in [1.807, 2.05) is 35.2 Å². The standard InChI is InChI=1S/C23H21N3OS/c1-16-6-4-11-20-21(16)24-23(28-20)26-14-12-25(13-15-26)22(27)19-10-5-8-17-7-2-3-9-18(17)19/h2-11H,12-15H2,1H3. The lowest BCUT2D eigenvalue weighted by Gasteiger charge is -2.34. The fraction of sp³-hybridized carbons (Fsp3) is 0.217. The molecule has 5 heteroatoms. The van der Waals surface area contributed by atoms with Gasteiger partial charge in [0, 0.05) is 31.7 Å². The molecular formula is C23H21N3OS. The summed E-state index contributed by atoms with van der Waals surface area (Å²) in [6.07, 6.45) is 0. The number of carbonyl (C=O) groups is 1.